The normalized spacial score (nSPS) is 21.2. The Morgan fingerprint density at radius 1 is 1.06 bits per heavy atom. The van der Waals surface area contributed by atoms with Crippen molar-refractivity contribution >= 4 is 23.6 Å². The Morgan fingerprint density at radius 2 is 1.86 bits per heavy atom. The van der Waals surface area contributed by atoms with E-state index in [2.05, 4.69) is 21.2 Å². The number of carbonyl (C=O) groups is 4. The van der Waals surface area contributed by atoms with Crippen LogP contribution in [0, 0.1) is 18.3 Å². The van der Waals surface area contributed by atoms with Crippen LogP contribution < -0.4 is 5.32 Å². The van der Waals surface area contributed by atoms with Crippen molar-refractivity contribution in [1.29, 1.82) is 0 Å². The van der Waals surface area contributed by atoms with Crippen molar-refractivity contribution in [2.45, 2.75) is 44.7 Å². The first-order chi connectivity index (χ1) is 16.9. The molecule has 0 bridgehead atoms. The quantitative estimate of drug-likeness (QED) is 0.500. The molecule has 0 aliphatic carbocycles. The Labute approximate surface area is 203 Å². The van der Waals surface area contributed by atoms with E-state index >= 15 is 0 Å². The second-order valence-electron chi connectivity index (χ2n) is 9.41. The van der Waals surface area contributed by atoms with E-state index in [1.54, 1.807) is 18.3 Å². The van der Waals surface area contributed by atoms with E-state index in [0.29, 0.717) is 23.5 Å². The maximum Gasteiger partial charge on any atom is 0.262 e. The number of hydrogen-bond acceptors (Lipinski definition) is 6. The van der Waals surface area contributed by atoms with Gasteiger partial charge in [-0.05, 0) is 56.3 Å². The number of terminal acetylenes is 1. The largest absolute Gasteiger partial charge is 0.301 e. The molecule has 4 amide bonds. The lowest BCUT2D eigenvalue weighted by Crippen LogP contribution is -2.54. The zero-order valence-electron chi connectivity index (χ0n) is 19.4. The van der Waals surface area contributed by atoms with Gasteiger partial charge in [-0.1, -0.05) is 18.1 Å². The first-order valence-electron chi connectivity index (χ1n) is 12.0. The van der Waals surface area contributed by atoms with Gasteiger partial charge >= 0.3 is 0 Å². The van der Waals surface area contributed by atoms with Crippen molar-refractivity contribution in [1.82, 2.24) is 24.9 Å². The molecular weight excluding hydrogens is 446 g/mol. The second kappa shape index (κ2) is 9.47. The number of hydrogen-bond donors (Lipinski definition) is 1. The Bertz CT molecular complexity index is 1230. The fourth-order valence-corrected chi connectivity index (χ4v) is 5.28. The number of imide groups is 2. The van der Waals surface area contributed by atoms with Crippen molar-refractivity contribution in [3.63, 3.8) is 0 Å². The third-order valence-corrected chi connectivity index (χ3v) is 7.22. The number of fused-ring (bicyclic) bond motifs is 1. The summed E-state index contributed by atoms with van der Waals surface area (Å²) in [5.74, 6) is 1.14. The van der Waals surface area contributed by atoms with Gasteiger partial charge in [0.15, 0.2) is 0 Å². The summed E-state index contributed by atoms with van der Waals surface area (Å²) in [7, 11) is 0. The zero-order valence-corrected chi connectivity index (χ0v) is 19.4. The number of benzene rings is 1. The van der Waals surface area contributed by atoms with Crippen LogP contribution in [-0.4, -0.2) is 68.9 Å². The number of nitrogens with one attached hydrogen (secondary N) is 1. The van der Waals surface area contributed by atoms with Crippen molar-refractivity contribution in [3.05, 3.63) is 52.8 Å². The molecule has 2 fully saturated rings. The minimum Gasteiger partial charge on any atom is -0.301 e. The SMILES string of the molecule is C#Cc1cnn(CCN2CCC(Cc3cccc4c3C(=O)N(C3CCC(=O)NC3=O)C4=O)CC2)c1. The third-order valence-electron chi connectivity index (χ3n) is 7.22. The lowest BCUT2D eigenvalue weighted by Gasteiger charge is -2.32. The smallest absolute Gasteiger partial charge is 0.262 e. The predicted molar refractivity (Wildman–Crippen MR) is 126 cm³/mol. The molecule has 1 aromatic carbocycles. The van der Waals surface area contributed by atoms with Crippen molar-refractivity contribution in [3.8, 4) is 12.3 Å². The van der Waals surface area contributed by atoms with Crippen molar-refractivity contribution in [2.24, 2.45) is 5.92 Å². The summed E-state index contributed by atoms with van der Waals surface area (Å²) in [5, 5.41) is 6.52. The molecule has 180 valence electrons. The van der Waals surface area contributed by atoms with Crippen molar-refractivity contribution in [2.75, 3.05) is 19.6 Å². The number of piperidine rings is 2. The third kappa shape index (κ3) is 4.49. The monoisotopic (exact) mass is 473 g/mol. The van der Waals surface area contributed by atoms with Gasteiger partial charge in [0.2, 0.25) is 11.8 Å². The van der Waals surface area contributed by atoms with Crippen LogP contribution in [-0.2, 0) is 22.6 Å². The zero-order chi connectivity index (χ0) is 24.5. The van der Waals surface area contributed by atoms with E-state index in [-0.39, 0.29) is 18.7 Å². The van der Waals surface area contributed by atoms with Gasteiger partial charge in [0.1, 0.15) is 6.04 Å². The van der Waals surface area contributed by atoms with E-state index in [0.717, 1.165) is 55.0 Å². The number of carbonyl (C=O) groups excluding carboxylic acids is 4. The molecule has 0 saturated carbocycles. The van der Waals surface area contributed by atoms with Gasteiger partial charge in [0, 0.05) is 19.2 Å². The van der Waals surface area contributed by atoms with Gasteiger partial charge < -0.3 is 4.90 Å². The average molecular weight is 474 g/mol. The Kier molecular flexibility index (Phi) is 6.22. The molecule has 35 heavy (non-hydrogen) atoms. The molecule has 2 aromatic rings. The van der Waals surface area contributed by atoms with Crippen molar-refractivity contribution < 1.29 is 19.2 Å². The highest BCUT2D eigenvalue weighted by atomic mass is 16.2. The summed E-state index contributed by atoms with van der Waals surface area (Å²) in [6.45, 7) is 3.59. The van der Waals surface area contributed by atoms with Crippen LogP contribution in [0.25, 0.3) is 0 Å². The van der Waals surface area contributed by atoms with E-state index < -0.39 is 23.8 Å². The molecule has 1 aromatic heterocycles. The molecular formula is C26H27N5O4. The maximum atomic E-state index is 13.3. The van der Waals surface area contributed by atoms with E-state index in [9.17, 15) is 19.2 Å². The van der Waals surface area contributed by atoms with Crippen LogP contribution >= 0.6 is 0 Å². The summed E-state index contributed by atoms with van der Waals surface area (Å²) in [5.41, 5.74) is 2.39. The molecule has 3 aliphatic rings. The molecule has 0 spiro atoms. The molecule has 1 unspecified atom stereocenters. The molecule has 1 N–H and O–H groups in total. The van der Waals surface area contributed by atoms with Crippen LogP contribution in [0.15, 0.2) is 30.6 Å². The minimum atomic E-state index is -0.942. The van der Waals surface area contributed by atoms with Crippen LogP contribution in [0.2, 0.25) is 0 Å². The Balaban J connectivity index is 1.21. The highest BCUT2D eigenvalue weighted by molar-refractivity contribution is 6.24. The van der Waals surface area contributed by atoms with E-state index in [4.69, 9.17) is 6.42 Å². The summed E-state index contributed by atoms with van der Waals surface area (Å²) in [4.78, 5) is 53.6. The standard InChI is InChI=1S/C26H27N5O4/c1-2-17-15-27-30(16-17)13-12-29-10-8-18(9-11-29)14-19-4-3-5-20-23(19)26(35)31(25(20)34)21-6-7-22(32)28-24(21)33/h1,3-5,15-16,18,21H,6-14H2,(H,28,32,33). The fourth-order valence-electron chi connectivity index (χ4n) is 5.28. The van der Waals surface area contributed by atoms with Gasteiger partial charge in [-0.25, -0.2) is 0 Å². The molecule has 1 atom stereocenters. The lowest BCUT2D eigenvalue weighted by atomic mass is 9.87. The Hall–Kier alpha value is -3.77. The van der Waals surface area contributed by atoms with Crippen LogP contribution in [0.3, 0.4) is 0 Å². The van der Waals surface area contributed by atoms with Crippen LogP contribution in [0.4, 0.5) is 0 Å². The molecule has 9 heteroatoms. The molecule has 3 aliphatic heterocycles. The fraction of sp³-hybridized carbons (Fsp3) is 0.423. The van der Waals surface area contributed by atoms with Crippen LogP contribution in [0.1, 0.15) is 57.5 Å². The number of rotatable bonds is 6. The molecule has 4 heterocycles. The molecule has 9 nitrogen and oxygen atoms in total. The topological polar surface area (TPSA) is 105 Å². The first kappa shape index (κ1) is 23.0. The van der Waals surface area contributed by atoms with E-state index in [1.807, 2.05) is 16.9 Å². The molecule has 2 saturated heterocycles. The summed E-state index contributed by atoms with van der Waals surface area (Å²) < 4.78 is 1.87. The summed E-state index contributed by atoms with van der Waals surface area (Å²) >= 11 is 0. The Morgan fingerprint density at radius 3 is 2.57 bits per heavy atom. The van der Waals surface area contributed by atoms with Gasteiger partial charge in [0.25, 0.3) is 11.8 Å². The number of nitrogens with zero attached hydrogens (tertiary/aromatic N) is 4. The molecule has 0 radical (unpaired) electrons. The van der Waals surface area contributed by atoms with E-state index in [1.165, 1.54) is 0 Å². The number of aromatic nitrogens is 2. The summed E-state index contributed by atoms with van der Waals surface area (Å²) in [6.07, 6.45) is 11.9. The predicted octanol–water partition coefficient (Wildman–Crippen LogP) is 1.22. The first-order valence-corrected chi connectivity index (χ1v) is 12.0. The number of likely N-dealkylation sites (tertiary alicyclic amines) is 1. The van der Waals surface area contributed by atoms with Gasteiger partial charge in [-0.15, -0.1) is 6.42 Å². The highest BCUT2D eigenvalue weighted by Gasteiger charge is 2.45. The van der Waals surface area contributed by atoms with Gasteiger partial charge in [-0.3, -0.25) is 34.1 Å². The minimum absolute atomic E-state index is 0.112. The van der Waals surface area contributed by atoms with Crippen LogP contribution in [0.5, 0.6) is 0 Å². The van der Waals surface area contributed by atoms with Gasteiger partial charge in [-0.2, -0.15) is 5.10 Å². The highest BCUT2D eigenvalue weighted by Crippen LogP contribution is 2.32. The average Bonchev–Trinajstić information content (AvgIpc) is 3.42. The second-order valence-corrected chi connectivity index (χ2v) is 9.41. The van der Waals surface area contributed by atoms with Gasteiger partial charge in [0.05, 0.1) is 29.4 Å². The maximum absolute atomic E-state index is 13.3. The lowest BCUT2D eigenvalue weighted by molar-refractivity contribution is -0.136. The summed E-state index contributed by atoms with van der Waals surface area (Å²) in [6, 6.07) is 4.42. The number of amides is 4. The molecule has 5 rings (SSSR count).